The van der Waals surface area contributed by atoms with Crippen molar-refractivity contribution < 1.29 is 14.3 Å². The third-order valence-corrected chi connectivity index (χ3v) is 3.06. The minimum Gasteiger partial charge on any atom is -0.493 e. The summed E-state index contributed by atoms with van der Waals surface area (Å²) in [6.45, 7) is 0.648. The van der Waals surface area contributed by atoms with Crippen LogP contribution >= 0.6 is 0 Å². The molecule has 1 heterocycles. The molecule has 0 unspecified atom stereocenters. The van der Waals surface area contributed by atoms with Crippen LogP contribution in [0.15, 0.2) is 12.1 Å². The van der Waals surface area contributed by atoms with Crippen molar-refractivity contribution in [2.45, 2.75) is 6.42 Å². The molecule has 0 atom stereocenters. The van der Waals surface area contributed by atoms with Gasteiger partial charge in [0.05, 0.1) is 20.3 Å². The summed E-state index contributed by atoms with van der Waals surface area (Å²) >= 11 is 0. The quantitative estimate of drug-likeness (QED) is 0.752. The topological polar surface area (TPSA) is 62.6 Å². The van der Waals surface area contributed by atoms with Gasteiger partial charge in [-0.15, -0.1) is 0 Å². The maximum atomic E-state index is 12.2. The Morgan fingerprint density at radius 3 is 2.78 bits per heavy atom. The van der Waals surface area contributed by atoms with Crippen LogP contribution in [0.2, 0.25) is 0 Å². The molecule has 1 aliphatic heterocycles. The van der Waals surface area contributed by atoms with Crippen molar-refractivity contribution in [3.63, 3.8) is 0 Å². The highest BCUT2D eigenvalue weighted by molar-refractivity contribution is 5.98. The van der Waals surface area contributed by atoms with Crippen LogP contribution in [0.5, 0.6) is 11.5 Å². The van der Waals surface area contributed by atoms with Gasteiger partial charge in [0.15, 0.2) is 11.5 Å². The average molecular weight is 246 g/mol. The van der Waals surface area contributed by atoms with Crippen molar-refractivity contribution in [3.8, 4) is 17.6 Å². The van der Waals surface area contributed by atoms with Gasteiger partial charge >= 0.3 is 0 Å². The normalized spacial score (nSPS) is 13.8. The first-order chi connectivity index (χ1) is 8.72. The largest absolute Gasteiger partial charge is 0.493 e. The van der Waals surface area contributed by atoms with Gasteiger partial charge in [-0.25, -0.2) is 0 Å². The van der Waals surface area contributed by atoms with E-state index in [4.69, 9.17) is 14.7 Å². The number of hydrogen-bond donors (Lipinski definition) is 0. The van der Waals surface area contributed by atoms with E-state index in [0.29, 0.717) is 30.0 Å². The highest BCUT2D eigenvalue weighted by Crippen LogP contribution is 2.36. The first-order valence-electron chi connectivity index (χ1n) is 5.63. The molecule has 94 valence electrons. The maximum Gasteiger partial charge on any atom is 0.255 e. The fourth-order valence-corrected chi connectivity index (χ4v) is 2.19. The first-order valence-corrected chi connectivity index (χ1v) is 5.63. The Balaban J connectivity index is 2.46. The number of nitriles is 1. The molecule has 0 aliphatic carbocycles. The molecule has 0 bridgehead atoms. The van der Waals surface area contributed by atoms with Gasteiger partial charge in [-0.2, -0.15) is 5.26 Å². The second kappa shape index (κ2) is 4.96. The number of benzene rings is 1. The van der Waals surface area contributed by atoms with Crippen molar-refractivity contribution in [1.82, 2.24) is 4.90 Å². The van der Waals surface area contributed by atoms with Crippen LogP contribution in [0, 0.1) is 11.3 Å². The van der Waals surface area contributed by atoms with Gasteiger partial charge in [-0.1, -0.05) is 0 Å². The predicted octanol–water partition coefficient (Wildman–Crippen LogP) is 1.23. The van der Waals surface area contributed by atoms with Crippen LogP contribution in [0.1, 0.15) is 15.9 Å². The van der Waals surface area contributed by atoms with E-state index < -0.39 is 0 Å². The van der Waals surface area contributed by atoms with Crippen LogP contribution in [0.3, 0.4) is 0 Å². The molecule has 0 aromatic heterocycles. The lowest BCUT2D eigenvalue weighted by Crippen LogP contribution is -2.37. The van der Waals surface area contributed by atoms with Crippen LogP contribution in [-0.4, -0.2) is 38.1 Å². The lowest BCUT2D eigenvalue weighted by atomic mass is 9.97. The number of ether oxygens (including phenoxy) is 2. The second-order valence-electron chi connectivity index (χ2n) is 3.96. The standard InChI is InChI=1S/C13H14N2O3/c1-17-11-4-3-10-9(12(11)18-2)5-7-15(8-6-14)13(10)16/h3-4H,5,7-8H2,1-2H3. The molecule has 5 nitrogen and oxygen atoms in total. The van der Waals surface area contributed by atoms with Crippen molar-refractivity contribution in [1.29, 1.82) is 5.26 Å². The summed E-state index contributed by atoms with van der Waals surface area (Å²) in [5.74, 6) is 1.11. The molecular formula is C13H14N2O3. The molecule has 0 saturated heterocycles. The van der Waals surface area contributed by atoms with Gasteiger partial charge in [-0.3, -0.25) is 4.79 Å². The molecule has 0 fully saturated rings. The maximum absolute atomic E-state index is 12.2. The third-order valence-electron chi connectivity index (χ3n) is 3.06. The first kappa shape index (κ1) is 12.2. The molecule has 5 heteroatoms. The van der Waals surface area contributed by atoms with Crippen molar-refractivity contribution >= 4 is 5.91 Å². The van der Waals surface area contributed by atoms with Crippen LogP contribution in [0.25, 0.3) is 0 Å². The molecule has 18 heavy (non-hydrogen) atoms. The van der Waals surface area contributed by atoms with Crippen LogP contribution < -0.4 is 9.47 Å². The number of hydrogen-bond acceptors (Lipinski definition) is 4. The Bertz CT molecular complexity index is 520. The van der Waals surface area contributed by atoms with Gasteiger partial charge in [0.2, 0.25) is 0 Å². The molecule has 0 saturated carbocycles. The summed E-state index contributed by atoms with van der Waals surface area (Å²) in [6.07, 6.45) is 0.670. The molecule has 1 aliphatic rings. The number of rotatable bonds is 3. The number of carbonyl (C=O) groups is 1. The monoisotopic (exact) mass is 246 g/mol. The smallest absolute Gasteiger partial charge is 0.255 e. The SMILES string of the molecule is COc1ccc2c(c1OC)CCN(CC#N)C2=O. The minimum atomic E-state index is -0.126. The van der Waals surface area contributed by atoms with Crippen LogP contribution in [0.4, 0.5) is 0 Å². The van der Waals surface area contributed by atoms with E-state index in [1.54, 1.807) is 26.4 Å². The Morgan fingerprint density at radius 1 is 1.39 bits per heavy atom. The van der Waals surface area contributed by atoms with Gasteiger partial charge < -0.3 is 14.4 Å². The number of fused-ring (bicyclic) bond motifs is 1. The van der Waals surface area contributed by atoms with Gasteiger partial charge in [-0.05, 0) is 18.6 Å². The summed E-state index contributed by atoms with van der Waals surface area (Å²) < 4.78 is 10.5. The average Bonchev–Trinajstić information content (AvgIpc) is 2.40. The fourth-order valence-electron chi connectivity index (χ4n) is 2.19. The number of nitrogens with zero attached hydrogens (tertiary/aromatic N) is 2. The number of carbonyl (C=O) groups excluding carboxylic acids is 1. The van der Waals surface area contributed by atoms with Crippen molar-refractivity contribution in [2.75, 3.05) is 27.3 Å². The molecule has 2 rings (SSSR count). The molecule has 0 spiro atoms. The molecule has 1 aromatic rings. The second-order valence-corrected chi connectivity index (χ2v) is 3.96. The number of amides is 1. The Labute approximate surface area is 106 Å². The highest BCUT2D eigenvalue weighted by atomic mass is 16.5. The zero-order valence-electron chi connectivity index (χ0n) is 10.4. The third kappa shape index (κ3) is 1.86. The molecule has 1 aromatic carbocycles. The minimum absolute atomic E-state index is 0.118. The van der Waals surface area contributed by atoms with Crippen molar-refractivity contribution in [3.05, 3.63) is 23.3 Å². The highest BCUT2D eigenvalue weighted by Gasteiger charge is 2.27. The fraction of sp³-hybridized carbons (Fsp3) is 0.385. The molecular weight excluding hydrogens is 232 g/mol. The summed E-state index contributed by atoms with van der Waals surface area (Å²) in [5, 5.41) is 8.68. The summed E-state index contributed by atoms with van der Waals surface area (Å²) in [4.78, 5) is 13.7. The lowest BCUT2D eigenvalue weighted by Gasteiger charge is -2.28. The van der Waals surface area contributed by atoms with E-state index in [2.05, 4.69) is 0 Å². The summed E-state index contributed by atoms with van der Waals surface area (Å²) in [5.41, 5.74) is 1.45. The van der Waals surface area contributed by atoms with E-state index in [0.717, 1.165) is 5.56 Å². The molecule has 1 amide bonds. The van der Waals surface area contributed by atoms with E-state index >= 15 is 0 Å². The zero-order valence-corrected chi connectivity index (χ0v) is 10.4. The Hall–Kier alpha value is -2.22. The van der Waals surface area contributed by atoms with Crippen molar-refractivity contribution in [2.24, 2.45) is 0 Å². The van der Waals surface area contributed by atoms with Gasteiger partial charge in [0.1, 0.15) is 6.54 Å². The Morgan fingerprint density at radius 2 is 2.17 bits per heavy atom. The molecule has 0 N–H and O–H groups in total. The van der Waals surface area contributed by atoms with Crippen LogP contribution in [-0.2, 0) is 6.42 Å². The van der Waals surface area contributed by atoms with Gasteiger partial charge in [0, 0.05) is 17.7 Å². The zero-order chi connectivity index (χ0) is 13.1. The van der Waals surface area contributed by atoms with E-state index in [1.165, 1.54) is 4.90 Å². The number of methoxy groups -OCH3 is 2. The van der Waals surface area contributed by atoms with E-state index in [9.17, 15) is 4.79 Å². The summed E-state index contributed by atoms with van der Waals surface area (Å²) in [7, 11) is 3.13. The van der Waals surface area contributed by atoms with Gasteiger partial charge in [0.25, 0.3) is 5.91 Å². The van der Waals surface area contributed by atoms with E-state index in [1.807, 2.05) is 6.07 Å². The predicted molar refractivity (Wildman–Crippen MR) is 64.8 cm³/mol. The van der Waals surface area contributed by atoms with E-state index in [-0.39, 0.29) is 12.5 Å². The lowest BCUT2D eigenvalue weighted by molar-refractivity contribution is 0.0759. The molecule has 0 radical (unpaired) electrons. The Kier molecular flexibility index (Phi) is 3.38. The summed E-state index contributed by atoms with van der Waals surface area (Å²) in [6, 6.07) is 5.44.